The lowest BCUT2D eigenvalue weighted by molar-refractivity contribution is 0.314. The minimum Gasteiger partial charge on any atom is -0.506 e. The van der Waals surface area contributed by atoms with Crippen molar-refractivity contribution in [2.45, 2.75) is 37.0 Å². The highest BCUT2D eigenvalue weighted by Crippen LogP contribution is 2.52. The molecule has 0 aliphatic heterocycles. The van der Waals surface area contributed by atoms with E-state index in [9.17, 15) is 10.2 Å². The Balaban J connectivity index is 1.81. The summed E-state index contributed by atoms with van der Waals surface area (Å²) in [6.07, 6.45) is 4.08. The molecule has 1 fully saturated rings. The standard InChI is InChI=1S/C24H20Br4O2/c25-18-10-16(11-19(26)22(18)29)24(17-12-20(27)23(30)21(28)13-17)8-6-15(7-9-24)14-4-2-1-3-5-14/h1-5,10-13,15,29-30H,6-9H2. The van der Waals surface area contributed by atoms with Crippen LogP contribution < -0.4 is 0 Å². The summed E-state index contributed by atoms with van der Waals surface area (Å²) in [5.74, 6) is 0.951. The quantitative estimate of drug-likeness (QED) is 0.295. The highest BCUT2D eigenvalue weighted by Gasteiger charge is 2.40. The summed E-state index contributed by atoms with van der Waals surface area (Å²) in [5, 5.41) is 20.5. The second kappa shape index (κ2) is 8.97. The first-order valence-electron chi connectivity index (χ1n) is 9.74. The highest BCUT2D eigenvalue weighted by molar-refractivity contribution is 9.11. The van der Waals surface area contributed by atoms with Crippen LogP contribution in [0.15, 0.2) is 72.5 Å². The van der Waals surface area contributed by atoms with Crippen LogP contribution in [0.4, 0.5) is 0 Å². The molecule has 1 saturated carbocycles. The van der Waals surface area contributed by atoms with Gasteiger partial charge in [-0.15, -0.1) is 0 Å². The molecular weight excluding hydrogens is 640 g/mol. The largest absolute Gasteiger partial charge is 0.506 e. The molecule has 4 rings (SSSR count). The number of phenols is 2. The fourth-order valence-electron chi connectivity index (χ4n) is 4.60. The van der Waals surface area contributed by atoms with Gasteiger partial charge in [-0.3, -0.25) is 0 Å². The number of hydrogen-bond acceptors (Lipinski definition) is 2. The van der Waals surface area contributed by atoms with Gasteiger partial charge in [0.15, 0.2) is 0 Å². The van der Waals surface area contributed by atoms with Crippen LogP contribution >= 0.6 is 63.7 Å². The van der Waals surface area contributed by atoms with Crippen molar-refractivity contribution in [3.63, 3.8) is 0 Å². The van der Waals surface area contributed by atoms with Crippen LogP contribution in [0.25, 0.3) is 0 Å². The van der Waals surface area contributed by atoms with Gasteiger partial charge in [-0.2, -0.15) is 0 Å². The fraction of sp³-hybridized carbons (Fsp3) is 0.250. The summed E-state index contributed by atoms with van der Waals surface area (Å²) in [6, 6.07) is 18.8. The molecule has 0 saturated heterocycles. The minimum absolute atomic E-state index is 0.208. The zero-order chi connectivity index (χ0) is 21.5. The predicted molar refractivity (Wildman–Crippen MR) is 135 cm³/mol. The molecule has 6 heteroatoms. The average Bonchev–Trinajstić information content (AvgIpc) is 2.75. The van der Waals surface area contributed by atoms with Gasteiger partial charge in [0.2, 0.25) is 0 Å². The Labute approximate surface area is 210 Å². The van der Waals surface area contributed by atoms with Crippen molar-refractivity contribution in [1.29, 1.82) is 0 Å². The van der Waals surface area contributed by atoms with Crippen molar-refractivity contribution in [3.8, 4) is 11.5 Å². The smallest absolute Gasteiger partial charge is 0.143 e. The molecule has 0 unspecified atom stereocenters. The summed E-state index contributed by atoms with van der Waals surface area (Å²) in [5.41, 5.74) is 3.47. The zero-order valence-electron chi connectivity index (χ0n) is 16.0. The van der Waals surface area contributed by atoms with E-state index in [1.54, 1.807) is 0 Å². The lowest BCUT2D eigenvalue weighted by atomic mass is 9.62. The van der Waals surface area contributed by atoms with Gasteiger partial charge in [0, 0.05) is 5.41 Å². The van der Waals surface area contributed by atoms with Gasteiger partial charge >= 0.3 is 0 Å². The topological polar surface area (TPSA) is 40.5 Å². The van der Waals surface area contributed by atoms with Crippen LogP contribution in [0.2, 0.25) is 0 Å². The van der Waals surface area contributed by atoms with Gasteiger partial charge in [-0.25, -0.2) is 0 Å². The zero-order valence-corrected chi connectivity index (χ0v) is 22.4. The maximum atomic E-state index is 10.3. The molecule has 3 aromatic carbocycles. The fourth-order valence-corrected chi connectivity index (χ4v) is 6.97. The molecule has 0 heterocycles. The van der Waals surface area contributed by atoms with E-state index in [1.165, 1.54) is 5.56 Å². The molecule has 3 aromatic rings. The number of rotatable bonds is 3. The normalized spacial score (nSPS) is 16.5. The Bertz CT molecular complexity index is 968. The van der Waals surface area contributed by atoms with E-state index in [4.69, 9.17) is 0 Å². The summed E-state index contributed by atoms with van der Waals surface area (Å²) in [6.45, 7) is 0. The average molecular weight is 660 g/mol. The molecule has 2 N–H and O–H groups in total. The minimum atomic E-state index is -0.219. The number of phenolic OH excluding ortho intramolecular Hbond substituents is 2. The monoisotopic (exact) mass is 656 g/mol. The molecule has 156 valence electrons. The first kappa shape index (κ1) is 22.4. The summed E-state index contributed by atoms with van der Waals surface area (Å²) >= 11 is 14.0. The first-order chi connectivity index (χ1) is 14.3. The first-order valence-corrected chi connectivity index (χ1v) is 12.9. The Hall–Kier alpha value is -0.820. The van der Waals surface area contributed by atoms with Gasteiger partial charge in [0.25, 0.3) is 0 Å². The Morgan fingerprint density at radius 1 is 0.667 bits per heavy atom. The molecule has 0 spiro atoms. The van der Waals surface area contributed by atoms with E-state index < -0.39 is 0 Å². The van der Waals surface area contributed by atoms with Crippen molar-refractivity contribution in [2.75, 3.05) is 0 Å². The van der Waals surface area contributed by atoms with Crippen molar-refractivity contribution >= 4 is 63.7 Å². The summed E-state index contributed by atoms with van der Waals surface area (Å²) < 4.78 is 2.70. The molecule has 30 heavy (non-hydrogen) atoms. The number of benzene rings is 3. The number of halogens is 4. The van der Waals surface area contributed by atoms with Crippen LogP contribution in [-0.4, -0.2) is 10.2 Å². The molecule has 0 aromatic heterocycles. The SMILES string of the molecule is Oc1c(Br)cc(C2(c3cc(Br)c(O)c(Br)c3)CCC(c3ccccc3)CC2)cc1Br. The maximum Gasteiger partial charge on any atom is 0.143 e. The van der Waals surface area contributed by atoms with E-state index in [2.05, 4.69) is 94.1 Å². The van der Waals surface area contributed by atoms with Crippen LogP contribution in [0.5, 0.6) is 11.5 Å². The van der Waals surface area contributed by atoms with Crippen molar-refractivity contribution in [3.05, 3.63) is 89.2 Å². The molecule has 0 atom stereocenters. The predicted octanol–water partition coefficient (Wildman–Crippen LogP) is 8.79. The van der Waals surface area contributed by atoms with Gasteiger partial charge in [-0.1, -0.05) is 30.3 Å². The van der Waals surface area contributed by atoms with Crippen molar-refractivity contribution in [2.24, 2.45) is 0 Å². The van der Waals surface area contributed by atoms with Crippen LogP contribution in [0.1, 0.15) is 48.3 Å². The van der Waals surface area contributed by atoms with Crippen molar-refractivity contribution < 1.29 is 10.2 Å². The number of aromatic hydroxyl groups is 2. The van der Waals surface area contributed by atoms with Gasteiger partial charge < -0.3 is 10.2 Å². The van der Waals surface area contributed by atoms with E-state index in [0.29, 0.717) is 23.8 Å². The Kier molecular flexibility index (Phi) is 6.69. The molecule has 1 aliphatic carbocycles. The van der Waals surface area contributed by atoms with Crippen molar-refractivity contribution in [1.82, 2.24) is 0 Å². The van der Waals surface area contributed by atoms with Crippen LogP contribution in [-0.2, 0) is 5.41 Å². The van der Waals surface area contributed by atoms with Gasteiger partial charge in [0.1, 0.15) is 11.5 Å². The second-order valence-electron chi connectivity index (χ2n) is 7.84. The third-order valence-corrected chi connectivity index (χ3v) is 8.67. The van der Waals surface area contributed by atoms with Crippen LogP contribution in [0.3, 0.4) is 0 Å². The third kappa shape index (κ3) is 4.13. The highest BCUT2D eigenvalue weighted by atomic mass is 79.9. The van der Waals surface area contributed by atoms with Gasteiger partial charge in [0.05, 0.1) is 17.9 Å². The second-order valence-corrected chi connectivity index (χ2v) is 11.3. The molecule has 0 radical (unpaired) electrons. The van der Waals surface area contributed by atoms with E-state index in [1.807, 2.05) is 24.3 Å². The van der Waals surface area contributed by atoms with E-state index in [-0.39, 0.29) is 16.9 Å². The summed E-state index contributed by atoms with van der Waals surface area (Å²) in [4.78, 5) is 0. The van der Waals surface area contributed by atoms with Gasteiger partial charge in [-0.05, 0) is 136 Å². The molecule has 1 aliphatic rings. The maximum absolute atomic E-state index is 10.3. The molecule has 0 amide bonds. The van der Waals surface area contributed by atoms with E-state index >= 15 is 0 Å². The lowest BCUT2D eigenvalue weighted by Crippen LogP contribution is -2.33. The van der Waals surface area contributed by atoms with Crippen LogP contribution in [0, 0.1) is 0 Å². The lowest BCUT2D eigenvalue weighted by Gasteiger charge is -2.42. The summed E-state index contributed by atoms with van der Waals surface area (Å²) in [7, 11) is 0. The Morgan fingerprint density at radius 2 is 1.07 bits per heavy atom. The molecule has 0 bridgehead atoms. The Morgan fingerprint density at radius 3 is 1.47 bits per heavy atom. The van der Waals surface area contributed by atoms with E-state index in [0.717, 1.165) is 36.8 Å². The third-order valence-electron chi connectivity index (χ3n) is 6.25. The number of hydrogen-bond donors (Lipinski definition) is 2. The molecular formula is C24H20Br4O2. The molecule has 2 nitrogen and oxygen atoms in total.